The maximum absolute atomic E-state index is 12.0. The molecule has 1 aromatic heterocycles. The van der Waals surface area contributed by atoms with E-state index >= 15 is 0 Å². The highest BCUT2D eigenvalue weighted by Gasteiger charge is 2.23. The van der Waals surface area contributed by atoms with E-state index in [1.54, 1.807) is 50.6 Å². The summed E-state index contributed by atoms with van der Waals surface area (Å²) in [6.07, 6.45) is 0. The maximum Gasteiger partial charge on any atom is 0.361 e. The summed E-state index contributed by atoms with van der Waals surface area (Å²) in [6.45, 7) is 7.60. The van der Waals surface area contributed by atoms with Gasteiger partial charge in [0.1, 0.15) is 11.4 Å². The lowest BCUT2D eigenvalue weighted by molar-refractivity contribution is 0.00618. The van der Waals surface area contributed by atoms with E-state index in [1.165, 1.54) is 0 Å². The number of aromatic nitrogens is 3. The summed E-state index contributed by atoms with van der Waals surface area (Å²) >= 11 is 0. The second-order valence-electron chi connectivity index (χ2n) is 5.85. The summed E-state index contributed by atoms with van der Waals surface area (Å²) in [5.74, 6) is -0.292. The zero-order valence-electron chi connectivity index (χ0n) is 12.6. The first-order chi connectivity index (χ1) is 9.76. The standard InChI is InChI=1S/C15H19N3O3/c1-10-13(14(20)21-15(2,3)4)16-17-18(10)9-11-6-5-7-12(19)8-11/h5-8,19H,9H2,1-4H3. The highest BCUT2D eigenvalue weighted by molar-refractivity contribution is 5.88. The number of aromatic hydroxyl groups is 1. The van der Waals surface area contributed by atoms with Gasteiger partial charge in [0.25, 0.3) is 0 Å². The van der Waals surface area contributed by atoms with Crippen LogP contribution in [0.1, 0.15) is 42.5 Å². The van der Waals surface area contributed by atoms with Crippen molar-refractivity contribution >= 4 is 5.97 Å². The number of nitrogens with zero attached hydrogens (tertiary/aromatic N) is 3. The molecule has 0 radical (unpaired) electrons. The number of ether oxygens (including phenoxy) is 1. The highest BCUT2D eigenvalue weighted by Crippen LogP contribution is 2.16. The van der Waals surface area contributed by atoms with Gasteiger partial charge in [0.2, 0.25) is 0 Å². The van der Waals surface area contributed by atoms with Crippen LogP contribution in [0.3, 0.4) is 0 Å². The average molecular weight is 289 g/mol. The number of benzene rings is 1. The fraction of sp³-hybridized carbons (Fsp3) is 0.400. The molecule has 0 bridgehead atoms. The molecule has 0 spiro atoms. The molecule has 0 amide bonds. The van der Waals surface area contributed by atoms with Crippen LogP contribution in [-0.4, -0.2) is 31.7 Å². The SMILES string of the molecule is Cc1c(C(=O)OC(C)(C)C)nnn1Cc1cccc(O)c1. The second kappa shape index (κ2) is 5.55. The molecule has 0 atom stereocenters. The van der Waals surface area contributed by atoms with Crippen molar-refractivity contribution in [2.45, 2.75) is 39.8 Å². The summed E-state index contributed by atoms with van der Waals surface area (Å²) in [6, 6.07) is 6.87. The third-order valence-corrected chi connectivity index (χ3v) is 2.82. The molecule has 1 heterocycles. The van der Waals surface area contributed by atoms with E-state index in [2.05, 4.69) is 10.3 Å². The third kappa shape index (κ3) is 3.81. The Balaban J connectivity index is 2.19. The van der Waals surface area contributed by atoms with Crippen molar-refractivity contribution in [3.05, 3.63) is 41.2 Å². The molecular weight excluding hydrogens is 270 g/mol. The van der Waals surface area contributed by atoms with Crippen molar-refractivity contribution < 1.29 is 14.6 Å². The van der Waals surface area contributed by atoms with Crippen LogP contribution in [-0.2, 0) is 11.3 Å². The summed E-state index contributed by atoms with van der Waals surface area (Å²) < 4.78 is 6.90. The van der Waals surface area contributed by atoms with Crippen molar-refractivity contribution in [1.82, 2.24) is 15.0 Å². The number of carbonyl (C=O) groups excluding carboxylic acids is 1. The Morgan fingerprint density at radius 1 is 1.38 bits per heavy atom. The van der Waals surface area contributed by atoms with Gasteiger partial charge in [0.05, 0.1) is 12.2 Å². The zero-order valence-corrected chi connectivity index (χ0v) is 12.6. The number of carbonyl (C=O) groups is 1. The van der Waals surface area contributed by atoms with Crippen LogP contribution >= 0.6 is 0 Å². The molecule has 0 aliphatic rings. The largest absolute Gasteiger partial charge is 0.508 e. The van der Waals surface area contributed by atoms with Crippen molar-refractivity contribution in [2.24, 2.45) is 0 Å². The Hall–Kier alpha value is -2.37. The lowest BCUT2D eigenvalue weighted by atomic mass is 10.2. The van der Waals surface area contributed by atoms with Crippen molar-refractivity contribution in [3.8, 4) is 5.75 Å². The molecule has 6 nitrogen and oxygen atoms in total. The summed E-state index contributed by atoms with van der Waals surface area (Å²) in [7, 11) is 0. The lowest BCUT2D eigenvalue weighted by Crippen LogP contribution is -2.24. The maximum atomic E-state index is 12.0. The first-order valence-electron chi connectivity index (χ1n) is 6.67. The van der Waals surface area contributed by atoms with Crippen LogP contribution in [0.15, 0.2) is 24.3 Å². The predicted octanol–water partition coefficient (Wildman–Crippen LogP) is 2.30. The third-order valence-electron chi connectivity index (χ3n) is 2.82. The summed E-state index contributed by atoms with van der Waals surface area (Å²) in [5.41, 5.74) is 1.15. The molecule has 0 fully saturated rings. The Morgan fingerprint density at radius 3 is 2.71 bits per heavy atom. The molecule has 0 saturated carbocycles. The van der Waals surface area contributed by atoms with Crippen LogP contribution in [0.2, 0.25) is 0 Å². The molecule has 112 valence electrons. The van der Waals surface area contributed by atoms with E-state index in [1.807, 2.05) is 6.07 Å². The van der Waals surface area contributed by atoms with E-state index in [4.69, 9.17) is 4.74 Å². The molecule has 0 aliphatic carbocycles. The lowest BCUT2D eigenvalue weighted by Gasteiger charge is -2.18. The van der Waals surface area contributed by atoms with Crippen LogP contribution in [0.4, 0.5) is 0 Å². The van der Waals surface area contributed by atoms with Crippen molar-refractivity contribution in [3.63, 3.8) is 0 Å². The average Bonchev–Trinajstić information content (AvgIpc) is 2.69. The van der Waals surface area contributed by atoms with Crippen LogP contribution in [0.5, 0.6) is 5.75 Å². The summed E-state index contributed by atoms with van der Waals surface area (Å²) in [4.78, 5) is 12.0. The van der Waals surface area contributed by atoms with Gasteiger partial charge in [-0.2, -0.15) is 0 Å². The van der Waals surface area contributed by atoms with E-state index in [-0.39, 0.29) is 11.4 Å². The monoisotopic (exact) mass is 289 g/mol. The highest BCUT2D eigenvalue weighted by atomic mass is 16.6. The van der Waals surface area contributed by atoms with Gasteiger partial charge in [-0.05, 0) is 45.4 Å². The molecule has 1 N–H and O–H groups in total. The minimum atomic E-state index is -0.571. The van der Waals surface area contributed by atoms with E-state index in [0.717, 1.165) is 5.56 Å². The van der Waals surface area contributed by atoms with Crippen molar-refractivity contribution in [2.75, 3.05) is 0 Å². The molecule has 21 heavy (non-hydrogen) atoms. The van der Waals surface area contributed by atoms with Gasteiger partial charge in [0.15, 0.2) is 5.69 Å². The molecular formula is C15H19N3O3. The van der Waals surface area contributed by atoms with Gasteiger partial charge in [-0.25, -0.2) is 9.48 Å². The normalized spacial score (nSPS) is 11.4. The smallest absolute Gasteiger partial charge is 0.361 e. The first-order valence-corrected chi connectivity index (χ1v) is 6.67. The van der Waals surface area contributed by atoms with Crippen molar-refractivity contribution in [1.29, 1.82) is 0 Å². The minimum absolute atomic E-state index is 0.192. The number of hydrogen-bond donors (Lipinski definition) is 1. The van der Waals surface area contributed by atoms with Gasteiger partial charge in [-0.1, -0.05) is 17.3 Å². The summed E-state index contributed by atoms with van der Waals surface area (Å²) in [5, 5.41) is 17.3. The second-order valence-corrected chi connectivity index (χ2v) is 5.85. The molecule has 2 aromatic rings. The number of phenolic OH excluding ortho intramolecular Hbond substituents is 1. The first kappa shape index (κ1) is 15.0. The Morgan fingerprint density at radius 2 is 2.10 bits per heavy atom. The topological polar surface area (TPSA) is 77.2 Å². The van der Waals surface area contributed by atoms with E-state index < -0.39 is 11.6 Å². The molecule has 1 aromatic carbocycles. The number of rotatable bonds is 3. The molecule has 2 rings (SSSR count). The van der Waals surface area contributed by atoms with Crippen LogP contribution in [0.25, 0.3) is 0 Å². The Bertz CT molecular complexity index is 656. The Kier molecular flexibility index (Phi) is 3.97. The molecule has 0 aliphatic heterocycles. The number of hydrogen-bond acceptors (Lipinski definition) is 5. The zero-order chi connectivity index (χ0) is 15.6. The van der Waals surface area contributed by atoms with Crippen LogP contribution < -0.4 is 0 Å². The van der Waals surface area contributed by atoms with E-state index in [9.17, 15) is 9.90 Å². The van der Waals surface area contributed by atoms with E-state index in [0.29, 0.717) is 12.2 Å². The number of phenols is 1. The minimum Gasteiger partial charge on any atom is -0.508 e. The quantitative estimate of drug-likeness (QED) is 0.877. The molecule has 6 heteroatoms. The molecule has 0 saturated heterocycles. The van der Waals surface area contributed by atoms with Gasteiger partial charge in [0, 0.05) is 0 Å². The predicted molar refractivity (Wildman–Crippen MR) is 77.1 cm³/mol. The van der Waals surface area contributed by atoms with Gasteiger partial charge in [-0.3, -0.25) is 0 Å². The Labute approximate surface area is 123 Å². The fourth-order valence-corrected chi connectivity index (χ4v) is 1.85. The fourth-order valence-electron chi connectivity index (χ4n) is 1.85. The van der Waals surface area contributed by atoms with Gasteiger partial charge < -0.3 is 9.84 Å². The van der Waals surface area contributed by atoms with Crippen LogP contribution in [0, 0.1) is 6.92 Å². The number of esters is 1. The molecule has 0 unspecified atom stereocenters. The van der Waals surface area contributed by atoms with Gasteiger partial charge >= 0.3 is 5.97 Å². The van der Waals surface area contributed by atoms with Gasteiger partial charge in [-0.15, -0.1) is 5.10 Å².